The van der Waals surface area contributed by atoms with Crippen LogP contribution in [0.25, 0.3) is 0 Å². The second-order valence-electron chi connectivity index (χ2n) is 5.36. The maximum Gasteiger partial charge on any atom is 0.329 e. The zero-order chi connectivity index (χ0) is 14.0. The minimum absolute atomic E-state index is 0.116. The molecule has 1 N–H and O–H groups in total. The number of carboxylic acids is 1. The van der Waals surface area contributed by atoms with Gasteiger partial charge in [-0.3, -0.25) is 0 Å². The van der Waals surface area contributed by atoms with Crippen molar-refractivity contribution in [1.29, 1.82) is 0 Å². The van der Waals surface area contributed by atoms with Crippen molar-refractivity contribution in [3.63, 3.8) is 0 Å². The summed E-state index contributed by atoms with van der Waals surface area (Å²) in [5, 5.41) is 9.51. The third-order valence-electron chi connectivity index (χ3n) is 4.46. The summed E-state index contributed by atoms with van der Waals surface area (Å²) >= 11 is 1.85. The number of aliphatic carboxylic acids is 1. The molecule has 0 aromatic heterocycles. The maximum atomic E-state index is 12.6. The third kappa shape index (κ3) is 2.42. The number of amides is 2. The summed E-state index contributed by atoms with van der Waals surface area (Å²) in [5.41, 5.74) is -0.989. The Morgan fingerprint density at radius 3 is 2.79 bits per heavy atom. The van der Waals surface area contributed by atoms with Crippen LogP contribution in [0.1, 0.15) is 32.6 Å². The normalized spacial score (nSPS) is 30.6. The van der Waals surface area contributed by atoms with Crippen LogP contribution in [0.5, 0.6) is 0 Å². The maximum absolute atomic E-state index is 12.6. The molecule has 19 heavy (non-hydrogen) atoms. The van der Waals surface area contributed by atoms with Gasteiger partial charge in [-0.1, -0.05) is 6.92 Å². The molecule has 6 heteroatoms. The third-order valence-corrected chi connectivity index (χ3v) is 5.60. The summed E-state index contributed by atoms with van der Waals surface area (Å²) in [6, 6.07) is 0.135. The van der Waals surface area contributed by atoms with Gasteiger partial charge < -0.3 is 14.9 Å². The van der Waals surface area contributed by atoms with E-state index in [9.17, 15) is 14.7 Å². The summed E-state index contributed by atoms with van der Waals surface area (Å²) in [4.78, 5) is 27.5. The predicted molar refractivity (Wildman–Crippen MR) is 75.5 cm³/mol. The second kappa shape index (κ2) is 5.61. The zero-order valence-electron chi connectivity index (χ0n) is 11.6. The van der Waals surface area contributed by atoms with Crippen molar-refractivity contribution in [2.24, 2.45) is 0 Å². The molecular formula is C13H22N2O3S. The van der Waals surface area contributed by atoms with Gasteiger partial charge >= 0.3 is 12.0 Å². The Bertz CT molecular complexity index is 371. The van der Waals surface area contributed by atoms with E-state index in [1.165, 1.54) is 0 Å². The fraction of sp³-hybridized carbons (Fsp3) is 0.846. The van der Waals surface area contributed by atoms with E-state index in [-0.39, 0.29) is 12.1 Å². The van der Waals surface area contributed by atoms with Crippen LogP contribution in [0, 0.1) is 0 Å². The first-order chi connectivity index (χ1) is 9.03. The highest BCUT2D eigenvalue weighted by Gasteiger charge is 2.49. The Labute approximate surface area is 118 Å². The zero-order valence-corrected chi connectivity index (χ0v) is 12.4. The predicted octanol–water partition coefficient (Wildman–Crippen LogP) is 1.87. The monoisotopic (exact) mass is 286 g/mol. The molecule has 2 unspecified atom stereocenters. The van der Waals surface area contributed by atoms with Crippen molar-refractivity contribution in [1.82, 2.24) is 9.80 Å². The average Bonchev–Trinajstić information content (AvgIpc) is 3.06. The molecule has 2 atom stereocenters. The lowest BCUT2D eigenvalue weighted by molar-refractivity contribution is -0.148. The summed E-state index contributed by atoms with van der Waals surface area (Å²) in [7, 11) is 1.81. The highest BCUT2D eigenvalue weighted by molar-refractivity contribution is 7.99. The molecule has 5 nitrogen and oxygen atoms in total. The van der Waals surface area contributed by atoms with Crippen molar-refractivity contribution in [2.75, 3.05) is 25.1 Å². The van der Waals surface area contributed by atoms with Crippen LogP contribution in [0.3, 0.4) is 0 Å². The Hall–Kier alpha value is -0.910. The van der Waals surface area contributed by atoms with Crippen molar-refractivity contribution in [2.45, 2.75) is 44.2 Å². The van der Waals surface area contributed by atoms with E-state index in [4.69, 9.17) is 0 Å². The number of carboxylic acid groups (broad SMARTS) is 1. The van der Waals surface area contributed by atoms with Crippen LogP contribution in [0.15, 0.2) is 0 Å². The summed E-state index contributed by atoms with van der Waals surface area (Å²) in [6.07, 6.45) is 2.82. The molecule has 2 rings (SSSR count). The van der Waals surface area contributed by atoms with Crippen molar-refractivity contribution < 1.29 is 14.7 Å². The number of nitrogens with zero attached hydrogens (tertiary/aromatic N) is 2. The van der Waals surface area contributed by atoms with Crippen molar-refractivity contribution in [3.8, 4) is 0 Å². The minimum Gasteiger partial charge on any atom is -0.479 e. The number of carbonyl (C=O) groups is 2. The lowest BCUT2D eigenvalue weighted by Crippen LogP contribution is -2.57. The first-order valence-corrected chi connectivity index (χ1v) is 8.04. The topological polar surface area (TPSA) is 60.9 Å². The van der Waals surface area contributed by atoms with Crippen LogP contribution in [-0.2, 0) is 4.79 Å². The van der Waals surface area contributed by atoms with E-state index in [1.54, 1.807) is 16.8 Å². The van der Waals surface area contributed by atoms with Gasteiger partial charge in [0.1, 0.15) is 5.54 Å². The lowest BCUT2D eigenvalue weighted by Gasteiger charge is -2.38. The van der Waals surface area contributed by atoms with Gasteiger partial charge in [0, 0.05) is 25.4 Å². The number of hydrogen-bond acceptors (Lipinski definition) is 3. The number of rotatable bonds is 3. The number of thioether (sulfide) groups is 1. The largest absolute Gasteiger partial charge is 0.479 e. The number of carbonyl (C=O) groups excluding carboxylic acids is 1. The first-order valence-electron chi connectivity index (χ1n) is 6.88. The Kier molecular flexibility index (Phi) is 4.28. The smallest absolute Gasteiger partial charge is 0.329 e. The molecule has 0 aromatic carbocycles. The molecule has 108 valence electrons. The van der Waals surface area contributed by atoms with Gasteiger partial charge in [-0.2, -0.15) is 11.8 Å². The molecule has 2 heterocycles. The average molecular weight is 286 g/mol. The Morgan fingerprint density at radius 1 is 1.53 bits per heavy atom. The quantitative estimate of drug-likeness (QED) is 0.860. The molecule has 0 bridgehead atoms. The first kappa shape index (κ1) is 14.5. The molecule has 2 aliphatic heterocycles. The van der Waals surface area contributed by atoms with Gasteiger partial charge in [0.05, 0.1) is 0 Å². The standard InChI is InChI=1S/C13H22N2O3S/c1-3-13(11(16)17)6-4-7-15(13)12(18)14(2)10-5-8-19-9-10/h10H,3-9H2,1-2H3,(H,16,17). The van der Waals surface area contributed by atoms with E-state index in [0.717, 1.165) is 24.3 Å². The molecule has 0 spiro atoms. The molecule has 0 aromatic rings. The fourth-order valence-electron chi connectivity index (χ4n) is 3.07. The fourth-order valence-corrected chi connectivity index (χ4v) is 4.34. The second-order valence-corrected chi connectivity index (χ2v) is 6.51. The van der Waals surface area contributed by atoms with Gasteiger partial charge in [0.25, 0.3) is 0 Å². The number of hydrogen-bond donors (Lipinski definition) is 1. The van der Waals surface area contributed by atoms with Crippen molar-refractivity contribution >= 4 is 23.8 Å². The van der Waals surface area contributed by atoms with Crippen LogP contribution in [0.4, 0.5) is 4.79 Å². The van der Waals surface area contributed by atoms with Gasteiger partial charge in [0.15, 0.2) is 0 Å². The SMILES string of the molecule is CCC1(C(=O)O)CCCN1C(=O)N(C)C1CCSC1. The summed E-state index contributed by atoms with van der Waals surface area (Å²) in [5.74, 6) is 1.18. The van der Waals surface area contributed by atoms with E-state index in [1.807, 2.05) is 18.7 Å². The van der Waals surface area contributed by atoms with E-state index < -0.39 is 11.5 Å². The highest BCUT2D eigenvalue weighted by Crippen LogP contribution is 2.34. The van der Waals surface area contributed by atoms with Crippen LogP contribution >= 0.6 is 11.8 Å². The van der Waals surface area contributed by atoms with Crippen LogP contribution in [0.2, 0.25) is 0 Å². The van der Waals surface area contributed by atoms with E-state index >= 15 is 0 Å². The molecule has 2 amide bonds. The van der Waals surface area contributed by atoms with Gasteiger partial charge in [-0.05, 0) is 31.4 Å². The van der Waals surface area contributed by atoms with E-state index in [2.05, 4.69) is 0 Å². The summed E-state index contributed by atoms with van der Waals surface area (Å²) in [6.45, 7) is 2.41. The number of urea groups is 1. The Balaban J connectivity index is 2.15. The molecule has 0 saturated carbocycles. The van der Waals surface area contributed by atoms with Crippen LogP contribution < -0.4 is 0 Å². The molecule has 2 aliphatic rings. The molecule has 0 radical (unpaired) electrons. The Morgan fingerprint density at radius 2 is 2.26 bits per heavy atom. The number of likely N-dealkylation sites (tertiary alicyclic amines) is 1. The van der Waals surface area contributed by atoms with Gasteiger partial charge in [0.2, 0.25) is 0 Å². The highest BCUT2D eigenvalue weighted by atomic mass is 32.2. The van der Waals surface area contributed by atoms with E-state index in [0.29, 0.717) is 19.4 Å². The lowest BCUT2D eigenvalue weighted by atomic mass is 9.93. The van der Waals surface area contributed by atoms with Crippen LogP contribution in [-0.4, -0.2) is 63.6 Å². The van der Waals surface area contributed by atoms with Crippen molar-refractivity contribution in [3.05, 3.63) is 0 Å². The minimum atomic E-state index is -0.989. The van der Waals surface area contributed by atoms with Gasteiger partial charge in [-0.25, -0.2) is 9.59 Å². The summed E-state index contributed by atoms with van der Waals surface area (Å²) < 4.78 is 0. The molecule has 2 fully saturated rings. The molecular weight excluding hydrogens is 264 g/mol. The molecule has 0 aliphatic carbocycles. The molecule has 2 saturated heterocycles. The van der Waals surface area contributed by atoms with Gasteiger partial charge in [-0.15, -0.1) is 0 Å².